The number of aromatic nitrogens is 2. The predicted molar refractivity (Wildman–Crippen MR) is 81.2 cm³/mol. The molecule has 0 radical (unpaired) electrons. The fourth-order valence-corrected chi connectivity index (χ4v) is 2.48. The third-order valence-electron chi connectivity index (χ3n) is 3.62. The van der Waals surface area contributed by atoms with Crippen LogP contribution < -0.4 is 10.1 Å². The lowest BCUT2D eigenvalue weighted by atomic mass is 9.95. The Morgan fingerprint density at radius 3 is 3.05 bits per heavy atom. The maximum absolute atomic E-state index is 12.3. The van der Waals surface area contributed by atoms with Crippen molar-refractivity contribution in [2.24, 2.45) is 5.92 Å². The number of amides is 1. The summed E-state index contributed by atoms with van der Waals surface area (Å²) >= 11 is 0. The number of nitrogens with one attached hydrogen (secondary N) is 1. The van der Waals surface area contributed by atoms with Crippen molar-refractivity contribution in [3.63, 3.8) is 0 Å². The quantitative estimate of drug-likeness (QED) is 0.880. The van der Waals surface area contributed by atoms with Crippen molar-refractivity contribution in [2.75, 3.05) is 12.4 Å². The molecule has 3 rings (SSSR count). The number of carbonyl (C=O) groups is 1. The van der Waals surface area contributed by atoms with E-state index in [0.29, 0.717) is 17.1 Å². The Morgan fingerprint density at radius 2 is 2.29 bits per heavy atom. The summed E-state index contributed by atoms with van der Waals surface area (Å²) in [5.74, 6) is 0.444. The van der Waals surface area contributed by atoms with E-state index in [1.807, 2.05) is 12.1 Å². The van der Waals surface area contributed by atoms with Crippen molar-refractivity contribution in [3.05, 3.63) is 36.5 Å². The molecule has 1 amide bonds. The van der Waals surface area contributed by atoms with Gasteiger partial charge in [-0.15, -0.1) is 0 Å². The van der Waals surface area contributed by atoms with Gasteiger partial charge in [-0.3, -0.25) is 9.78 Å². The Morgan fingerprint density at radius 1 is 1.38 bits per heavy atom. The van der Waals surface area contributed by atoms with Gasteiger partial charge >= 0.3 is 0 Å². The van der Waals surface area contributed by atoms with Crippen LogP contribution in [-0.4, -0.2) is 23.0 Å². The fraction of sp³-hybridized carbons (Fsp3) is 0.312. The van der Waals surface area contributed by atoms with Gasteiger partial charge in [0.05, 0.1) is 24.2 Å². The van der Waals surface area contributed by atoms with Crippen molar-refractivity contribution in [1.82, 2.24) is 9.97 Å². The minimum absolute atomic E-state index is 0.00284. The molecule has 0 spiro atoms. The van der Waals surface area contributed by atoms with E-state index < -0.39 is 0 Å². The van der Waals surface area contributed by atoms with Gasteiger partial charge in [-0.25, -0.2) is 4.98 Å². The molecule has 5 nitrogen and oxygen atoms in total. The summed E-state index contributed by atoms with van der Waals surface area (Å²) in [6.07, 6.45) is 8.72. The average molecular weight is 283 g/mol. The zero-order chi connectivity index (χ0) is 14.7. The second kappa shape index (κ2) is 5.91. The summed E-state index contributed by atoms with van der Waals surface area (Å²) in [4.78, 5) is 21.0. The van der Waals surface area contributed by atoms with E-state index in [1.165, 1.54) is 0 Å². The molecule has 21 heavy (non-hydrogen) atoms. The highest BCUT2D eigenvalue weighted by Crippen LogP contribution is 2.24. The molecule has 0 saturated carbocycles. The van der Waals surface area contributed by atoms with Crippen molar-refractivity contribution in [1.29, 1.82) is 0 Å². The highest BCUT2D eigenvalue weighted by atomic mass is 16.5. The first-order chi connectivity index (χ1) is 10.3. The fourth-order valence-electron chi connectivity index (χ4n) is 2.48. The average Bonchev–Trinajstić information content (AvgIpc) is 2.55. The van der Waals surface area contributed by atoms with E-state index in [0.717, 1.165) is 24.8 Å². The maximum Gasteiger partial charge on any atom is 0.231 e. The second-order valence-corrected chi connectivity index (χ2v) is 5.03. The first-order valence-electron chi connectivity index (χ1n) is 7.05. The molecule has 0 bridgehead atoms. The molecule has 0 fully saturated rings. The smallest absolute Gasteiger partial charge is 0.231 e. The molecule has 108 valence electrons. The molecule has 0 aliphatic heterocycles. The number of fused-ring (bicyclic) bond motifs is 1. The van der Waals surface area contributed by atoms with Crippen molar-refractivity contribution < 1.29 is 9.53 Å². The van der Waals surface area contributed by atoms with Crippen LogP contribution >= 0.6 is 0 Å². The molecule has 1 atom stereocenters. The van der Waals surface area contributed by atoms with Crippen molar-refractivity contribution in [2.45, 2.75) is 19.3 Å². The van der Waals surface area contributed by atoms with Gasteiger partial charge in [0.25, 0.3) is 0 Å². The van der Waals surface area contributed by atoms with E-state index in [4.69, 9.17) is 4.74 Å². The summed E-state index contributed by atoms with van der Waals surface area (Å²) in [5.41, 5.74) is 2.04. The zero-order valence-electron chi connectivity index (χ0n) is 11.9. The SMILES string of the molecule is COc1ccc2nccc(NC(=O)C3C=CCCC3)c2n1. The lowest BCUT2D eigenvalue weighted by Crippen LogP contribution is -2.22. The molecule has 1 N–H and O–H groups in total. The summed E-state index contributed by atoms with van der Waals surface area (Å²) in [6.45, 7) is 0. The number of ether oxygens (including phenoxy) is 1. The number of allylic oxidation sites excluding steroid dienone is 1. The lowest BCUT2D eigenvalue weighted by Gasteiger charge is -2.16. The molecule has 2 aromatic heterocycles. The first-order valence-corrected chi connectivity index (χ1v) is 7.05. The minimum atomic E-state index is -0.0624. The lowest BCUT2D eigenvalue weighted by molar-refractivity contribution is -0.118. The number of nitrogens with zero attached hydrogens (tertiary/aromatic N) is 2. The van der Waals surface area contributed by atoms with Crippen LogP contribution in [-0.2, 0) is 4.79 Å². The van der Waals surface area contributed by atoms with E-state index in [-0.39, 0.29) is 11.8 Å². The monoisotopic (exact) mass is 283 g/mol. The van der Waals surface area contributed by atoms with Crippen LogP contribution in [0.15, 0.2) is 36.5 Å². The highest BCUT2D eigenvalue weighted by Gasteiger charge is 2.18. The van der Waals surface area contributed by atoms with Gasteiger partial charge in [-0.2, -0.15) is 0 Å². The molecule has 0 saturated heterocycles. The van der Waals surface area contributed by atoms with E-state index >= 15 is 0 Å². The van der Waals surface area contributed by atoms with Gasteiger partial charge in [0.15, 0.2) is 0 Å². The zero-order valence-corrected chi connectivity index (χ0v) is 11.9. The molecule has 0 aromatic carbocycles. The first kappa shape index (κ1) is 13.5. The molecular formula is C16H17N3O2. The number of pyridine rings is 2. The standard InChI is InChI=1S/C16H17N3O2/c1-21-14-8-7-12-15(19-14)13(9-10-17-12)18-16(20)11-5-3-2-4-6-11/h3,5,7-11H,2,4,6H2,1H3,(H,17,18,20). The third kappa shape index (κ3) is 2.86. The van der Waals surface area contributed by atoms with Crippen LogP contribution in [0.1, 0.15) is 19.3 Å². The number of hydrogen-bond donors (Lipinski definition) is 1. The summed E-state index contributed by atoms with van der Waals surface area (Å²) in [6, 6.07) is 5.35. The van der Waals surface area contributed by atoms with Crippen LogP contribution in [0.5, 0.6) is 5.88 Å². The Bertz CT molecular complexity index is 697. The van der Waals surface area contributed by atoms with Gasteiger partial charge in [0.2, 0.25) is 11.8 Å². The molecule has 2 aromatic rings. The normalized spacial score (nSPS) is 17.7. The Hall–Kier alpha value is -2.43. The predicted octanol–water partition coefficient (Wildman–Crippen LogP) is 2.93. The topological polar surface area (TPSA) is 64.1 Å². The van der Waals surface area contributed by atoms with Crippen LogP contribution in [0.3, 0.4) is 0 Å². The van der Waals surface area contributed by atoms with Crippen molar-refractivity contribution in [3.8, 4) is 5.88 Å². The number of anilines is 1. The van der Waals surface area contributed by atoms with Crippen LogP contribution in [0.4, 0.5) is 5.69 Å². The van der Waals surface area contributed by atoms with Gasteiger partial charge in [-0.05, 0) is 31.4 Å². The van der Waals surface area contributed by atoms with Crippen LogP contribution in [0.25, 0.3) is 11.0 Å². The van der Waals surface area contributed by atoms with Gasteiger partial charge in [-0.1, -0.05) is 12.2 Å². The van der Waals surface area contributed by atoms with Crippen LogP contribution in [0.2, 0.25) is 0 Å². The van der Waals surface area contributed by atoms with E-state index in [9.17, 15) is 4.79 Å². The van der Waals surface area contributed by atoms with Gasteiger partial charge < -0.3 is 10.1 Å². The third-order valence-corrected chi connectivity index (χ3v) is 3.62. The molecule has 2 heterocycles. The molecule has 1 aliphatic carbocycles. The molecule has 1 unspecified atom stereocenters. The summed E-state index contributed by atoms with van der Waals surface area (Å²) < 4.78 is 5.14. The summed E-state index contributed by atoms with van der Waals surface area (Å²) in [5, 5.41) is 2.96. The Kier molecular flexibility index (Phi) is 3.81. The maximum atomic E-state index is 12.3. The number of carbonyl (C=O) groups excluding carboxylic acids is 1. The summed E-state index contributed by atoms with van der Waals surface area (Å²) in [7, 11) is 1.57. The van der Waals surface area contributed by atoms with Crippen molar-refractivity contribution >= 4 is 22.6 Å². The second-order valence-electron chi connectivity index (χ2n) is 5.03. The Labute approximate surface area is 123 Å². The number of rotatable bonds is 3. The van der Waals surface area contributed by atoms with E-state index in [1.54, 1.807) is 25.4 Å². The Balaban J connectivity index is 1.90. The van der Waals surface area contributed by atoms with Gasteiger partial charge in [0, 0.05) is 12.3 Å². The molecular weight excluding hydrogens is 266 g/mol. The highest BCUT2D eigenvalue weighted by molar-refractivity contribution is 6.00. The molecule has 1 aliphatic rings. The number of hydrogen-bond acceptors (Lipinski definition) is 4. The number of methoxy groups -OCH3 is 1. The minimum Gasteiger partial charge on any atom is -0.481 e. The molecule has 5 heteroatoms. The van der Waals surface area contributed by atoms with Crippen LogP contribution in [0, 0.1) is 5.92 Å². The largest absolute Gasteiger partial charge is 0.481 e. The van der Waals surface area contributed by atoms with Gasteiger partial charge in [0.1, 0.15) is 5.52 Å². The van der Waals surface area contributed by atoms with E-state index in [2.05, 4.69) is 21.4 Å².